The van der Waals surface area contributed by atoms with E-state index < -0.39 is 22.1 Å². The molecule has 0 fully saturated rings. The van der Waals surface area contributed by atoms with Crippen molar-refractivity contribution in [3.05, 3.63) is 55.2 Å². The summed E-state index contributed by atoms with van der Waals surface area (Å²) in [5.74, 6) is -0.567. The van der Waals surface area contributed by atoms with Crippen molar-refractivity contribution in [2.24, 2.45) is 10.2 Å². The third-order valence-corrected chi connectivity index (χ3v) is 3.34. The Morgan fingerprint density at radius 2 is 1.67 bits per heavy atom. The molecular formula is C14H15N5O5. The van der Waals surface area contributed by atoms with E-state index >= 15 is 0 Å². The zero-order valence-electron chi connectivity index (χ0n) is 13.0. The number of nitrogens with zero attached hydrogens (tertiary/aromatic N) is 5. The Bertz CT molecular complexity index is 911. The van der Waals surface area contributed by atoms with Crippen LogP contribution in [0.25, 0.3) is 0 Å². The van der Waals surface area contributed by atoms with Gasteiger partial charge in [0, 0.05) is 25.2 Å². The highest BCUT2D eigenvalue weighted by molar-refractivity contribution is 5.47. The third-order valence-electron chi connectivity index (χ3n) is 3.34. The van der Waals surface area contributed by atoms with Crippen molar-refractivity contribution in [2.75, 3.05) is 0 Å². The lowest BCUT2D eigenvalue weighted by Gasteiger charge is -2.10. The Balaban J connectivity index is 2.51. The van der Waals surface area contributed by atoms with Crippen LogP contribution < -0.4 is 11.2 Å². The van der Waals surface area contributed by atoms with Gasteiger partial charge in [0.2, 0.25) is 11.6 Å². The predicted molar refractivity (Wildman–Crippen MR) is 85.2 cm³/mol. The van der Waals surface area contributed by atoms with Crippen molar-refractivity contribution in [2.45, 2.75) is 26.9 Å². The summed E-state index contributed by atoms with van der Waals surface area (Å²) in [5, 5.41) is 28.2. The van der Waals surface area contributed by atoms with E-state index in [1.54, 1.807) is 13.8 Å². The monoisotopic (exact) mass is 333 g/mol. The average Bonchev–Trinajstić information content (AvgIpc) is 2.56. The average molecular weight is 333 g/mol. The topological polar surface area (TPSA) is 132 Å². The Labute approximate surface area is 135 Å². The first-order valence-corrected chi connectivity index (χ1v) is 7.13. The summed E-state index contributed by atoms with van der Waals surface area (Å²) < 4.78 is 1.95. The minimum atomic E-state index is -0.754. The molecule has 10 heteroatoms. The highest BCUT2D eigenvalue weighted by atomic mass is 16.6. The molecule has 0 saturated carbocycles. The molecule has 0 amide bonds. The summed E-state index contributed by atoms with van der Waals surface area (Å²) in [6, 6.07) is 5.19. The van der Waals surface area contributed by atoms with Crippen molar-refractivity contribution in [1.29, 1.82) is 0 Å². The second-order valence-electron chi connectivity index (χ2n) is 4.72. The van der Waals surface area contributed by atoms with Gasteiger partial charge >= 0.3 is 5.69 Å². The van der Waals surface area contributed by atoms with Gasteiger partial charge in [-0.15, -0.1) is 5.11 Å². The zero-order chi connectivity index (χ0) is 17.9. The third kappa shape index (κ3) is 3.07. The summed E-state index contributed by atoms with van der Waals surface area (Å²) >= 11 is 0. The van der Waals surface area contributed by atoms with Crippen LogP contribution in [0.5, 0.6) is 5.88 Å². The van der Waals surface area contributed by atoms with Gasteiger partial charge in [0.25, 0.3) is 11.2 Å². The van der Waals surface area contributed by atoms with E-state index in [1.165, 1.54) is 24.3 Å². The van der Waals surface area contributed by atoms with Crippen molar-refractivity contribution in [3.8, 4) is 5.88 Å². The summed E-state index contributed by atoms with van der Waals surface area (Å²) in [5.41, 5.74) is -1.59. The molecule has 24 heavy (non-hydrogen) atoms. The van der Waals surface area contributed by atoms with Gasteiger partial charge < -0.3 is 5.11 Å². The number of aromatic nitrogens is 2. The number of azo groups is 1. The summed E-state index contributed by atoms with van der Waals surface area (Å²) in [6.07, 6.45) is 0. The molecular weight excluding hydrogens is 318 g/mol. The quantitative estimate of drug-likeness (QED) is 0.508. The molecule has 0 radical (unpaired) electrons. The number of aromatic hydroxyl groups is 1. The maximum absolute atomic E-state index is 12.2. The molecule has 0 saturated heterocycles. The van der Waals surface area contributed by atoms with Gasteiger partial charge in [0.05, 0.1) is 10.6 Å². The van der Waals surface area contributed by atoms with Crippen molar-refractivity contribution in [1.82, 2.24) is 9.13 Å². The molecule has 2 rings (SSSR count). The van der Waals surface area contributed by atoms with E-state index in [4.69, 9.17) is 0 Å². The fraction of sp³-hybridized carbons (Fsp3) is 0.286. The van der Waals surface area contributed by atoms with E-state index in [-0.39, 0.29) is 30.2 Å². The number of benzene rings is 1. The molecule has 1 N–H and O–H groups in total. The SMILES string of the molecule is CCn1c(O)c(N=Nc2ccc([N+](=O)[O-])cc2)c(=O)n(CC)c1=O. The highest BCUT2D eigenvalue weighted by Gasteiger charge is 2.17. The molecule has 0 unspecified atom stereocenters. The maximum Gasteiger partial charge on any atom is 0.333 e. The Morgan fingerprint density at radius 1 is 1.08 bits per heavy atom. The summed E-state index contributed by atoms with van der Waals surface area (Å²) in [7, 11) is 0. The second kappa shape index (κ2) is 6.86. The molecule has 0 aliphatic rings. The van der Waals surface area contributed by atoms with Crippen LogP contribution in [0.15, 0.2) is 44.1 Å². The number of non-ortho nitro benzene ring substituents is 1. The Hall–Kier alpha value is -3.30. The molecule has 126 valence electrons. The number of nitro groups is 1. The molecule has 0 aliphatic heterocycles. The van der Waals surface area contributed by atoms with Crippen LogP contribution in [-0.4, -0.2) is 19.2 Å². The standard InChI is InChI=1S/C14H15N5O5/c1-3-17-12(20)11(13(21)18(4-2)14(17)22)16-15-9-5-7-10(8-6-9)19(23)24/h5-8,20H,3-4H2,1-2H3. The van der Waals surface area contributed by atoms with Crippen LogP contribution >= 0.6 is 0 Å². The van der Waals surface area contributed by atoms with Crippen LogP contribution in [0.3, 0.4) is 0 Å². The number of nitro benzene ring substituents is 1. The maximum atomic E-state index is 12.2. The van der Waals surface area contributed by atoms with Gasteiger partial charge in [0.1, 0.15) is 0 Å². The van der Waals surface area contributed by atoms with Gasteiger partial charge in [0.15, 0.2) is 0 Å². The van der Waals surface area contributed by atoms with Gasteiger partial charge in [-0.1, -0.05) is 0 Å². The first-order valence-electron chi connectivity index (χ1n) is 7.13. The van der Waals surface area contributed by atoms with Crippen LogP contribution in [0.4, 0.5) is 17.1 Å². The summed E-state index contributed by atoms with van der Waals surface area (Å²) in [4.78, 5) is 34.3. The highest BCUT2D eigenvalue weighted by Crippen LogP contribution is 2.24. The van der Waals surface area contributed by atoms with Crippen LogP contribution in [0.2, 0.25) is 0 Å². The van der Waals surface area contributed by atoms with Gasteiger partial charge in [-0.2, -0.15) is 5.11 Å². The molecule has 2 aromatic rings. The van der Waals surface area contributed by atoms with E-state index in [1.807, 2.05) is 0 Å². The van der Waals surface area contributed by atoms with Crippen molar-refractivity contribution in [3.63, 3.8) is 0 Å². The molecule has 1 heterocycles. The van der Waals surface area contributed by atoms with E-state index in [2.05, 4.69) is 10.2 Å². The van der Waals surface area contributed by atoms with E-state index in [9.17, 15) is 24.8 Å². The lowest BCUT2D eigenvalue weighted by Crippen LogP contribution is -2.38. The second-order valence-corrected chi connectivity index (χ2v) is 4.72. The molecule has 0 spiro atoms. The number of hydrogen-bond acceptors (Lipinski definition) is 7. The normalized spacial score (nSPS) is 11.1. The van der Waals surface area contributed by atoms with Gasteiger partial charge in [-0.05, 0) is 26.0 Å². The van der Waals surface area contributed by atoms with E-state index in [0.29, 0.717) is 0 Å². The Kier molecular flexibility index (Phi) is 4.87. The lowest BCUT2D eigenvalue weighted by molar-refractivity contribution is -0.384. The number of hydrogen-bond donors (Lipinski definition) is 1. The Morgan fingerprint density at radius 3 is 2.17 bits per heavy atom. The van der Waals surface area contributed by atoms with Gasteiger partial charge in [-0.25, -0.2) is 4.79 Å². The smallest absolute Gasteiger partial charge is 0.333 e. The van der Waals surface area contributed by atoms with Crippen LogP contribution in [0.1, 0.15) is 13.8 Å². The summed E-state index contributed by atoms with van der Waals surface area (Å²) in [6.45, 7) is 3.54. The first-order chi connectivity index (χ1) is 11.4. The predicted octanol–water partition coefficient (Wildman–Crippen LogP) is 2.08. The molecule has 0 bridgehead atoms. The van der Waals surface area contributed by atoms with Crippen molar-refractivity contribution < 1.29 is 10.0 Å². The fourth-order valence-electron chi connectivity index (χ4n) is 2.07. The van der Waals surface area contributed by atoms with Crippen molar-refractivity contribution >= 4 is 17.1 Å². The molecule has 10 nitrogen and oxygen atoms in total. The molecule has 1 aromatic heterocycles. The molecule has 0 aliphatic carbocycles. The first kappa shape index (κ1) is 17.1. The van der Waals surface area contributed by atoms with Crippen LogP contribution in [0, 0.1) is 10.1 Å². The van der Waals surface area contributed by atoms with Crippen LogP contribution in [-0.2, 0) is 13.1 Å². The molecule has 0 atom stereocenters. The zero-order valence-corrected chi connectivity index (χ0v) is 13.0. The molecule has 1 aromatic carbocycles. The van der Waals surface area contributed by atoms with Gasteiger partial charge in [-0.3, -0.25) is 24.0 Å². The van der Waals surface area contributed by atoms with E-state index in [0.717, 1.165) is 9.13 Å². The lowest BCUT2D eigenvalue weighted by atomic mass is 10.3. The minimum absolute atomic E-state index is 0.107. The number of rotatable bonds is 5. The largest absolute Gasteiger partial charge is 0.493 e. The fourth-order valence-corrected chi connectivity index (χ4v) is 2.07. The minimum Gasteiger partial charge on any atom is -0.493 e.